The van der Waals surface area contributed by atoms with Gasteiger partial charge < -0.3 is 25.8 Å². The predicted octanol–water partition coefficient (Wildman–Crippen LogP) is 3.75. The number of benzene rings is 2. The zero-order valence-electron chi connectivity index (χ0n) is 20.5. The lowest BCUT2D eigenvalue weighted by Gasteiger charge is -2.39. The number of hydrogen-bond acceptors (Lipinski definition) is 5. The van der Waals surface area contributed by atoms with E-state index in [2.05, 4.69) is 15.2 Å². The molecule has 2 aromatic carbocycles. The molecule has 0 spiro atoms. The first-order chi connectivity index (χ1) is 18.0. The Kier molecular flexibility index (Phi) is 7.53. The van der Waals surface area contributed by atoms with Gasteiger partial charge in [-0.3, -0.25) is 14.4 Å². The molecule has 1 atom stereocenters. The van der Waals surface area contributed by atoms with E-state index in [0.717, 1.165) is 18.3 Å². The van der Waals surface area contributed by atoms with Crippen LogP contribution in [0.2, 0.25) is 0 Å². The van der Waals surface area contributed by atoms with Gasteiger partial charge in [0, 0.05) is 49.1 Å². The average Bonchev–Trinajstić information content (AvgIpc) is 2.86. The van der Waals surface area contributed by atoms with Crippen LogP contribution in [0.3, 0.4) is 0 Å². The molecule has 2 amide bonds. The average molecular weight is 532 g/mol. The van der Waals surface area contributed by atoms with Gasteiger partial charge in [0.15, 0.2) is 0 Å². The van der Waals surface area contributed by atoms with E-state index in [1.54, 1.807) is 0 Å². The lowest BCUT2D eigenvalue weighted by atomic mass is 9.99. The topological polar surface area (TPSA) is 112 Å². The zero-order valence-corrected chi connectivity index (χ0v) is 20.5. The molecule has 1 aromatic heterocycles. The van der Waals surface area contributed by atoms with E-state index >= 15 is 4.39 Å². The third kappa shape index (κ3) is 5.40. The number of nitrogens with zero attached hydrogens (tertiary/aromatic N) is 2. The Morgan fingerprint density at radius 1 is 1.08 bits per heavy atom. The molecule has 0 bridgehead atoms. The van der Waals surface area contributed by atoms with Crippen LogP contribution in [0.25, 0.3) is 11.1 Å². The third-order valence-corrected chi connectivity index (χ3v) is 6.61. The van der Waals surface area contributed by atoms with Crippen molar-refractivity contribution < 1.29 is 27.2 Å². The van der Waals surface area contributed by atoms with Crippen LogP contribution in [0.4, 0.5) is 28.9 Å². The second-order valence-corrected chi connectivity index (χ2v) is 9.10. The maximum absolute atomic E-state index is 15.5. The van der Waals surface area contributed by atoms with Crippen LogP contribution in [0, 0.1) is 11.6 Å². The first-order valence-corrected chi connectivity index (χ1v) is 11.7. The van der Waals surface area contributed by atoms with Crippen LogP contribution in [-0.2, 0) is 0 Å². The number of piperazine rings is 1. The van der Waals surface area contributed by atoms with Crippen molar-refractivity contribution in [1.29, 1.82) is 0 Å². The molecule has 38 heavy (non-hydrogen) atoms. The Labute approximate surface area is 215 Å². The summed E-state index contributed by atoms with van der Waals surface area (Å²) in [5.74, 6) is -3.59. The molecule has 2 heterocycles. The number of hydrogen-bond donors (Lipinski definition) is 3. The quantitative estimate of drug-likeness (QED) is 0.420. The van der Waals surface area contributed by atoms with Gasteiger partial charge in [0.05, 0.1) is 22.5 Å². The van der Waals surface area contributed by atoms with Crippen LogP contribution in [0.15, 0.2) is 47.4 Å². The van der Waals surface area contributed by atoms with Gasteiger partial charge in [-0.2, -0.15) is 0 Å². The number of H-pyrrole nitrogens is 1. The van der Waals surface area contributed by atoms with Crippen molar-refractivity contribution in [3.63, 3.8) is 0 Å². The molecule has 1 unspecified atom stereocenters. The molecule has 200 valence electrons. The number of pyridine rings is 1. The first kappa shape index (κ1) is 26.9. The zero-order chi connectivity index (χ0) is 27.7. The van der Waals surface area contributed by atoms with E-state index < -0.39 is 52.1 Å². The second kappa shape index (κ2) is 10.7. The van der Waals surface area contributed by atoms with E-state index in [0.29, 0.717) is 31.4 Å². The number of alkyl halides is 2. The summed E-state index contributed by atoms with van der Waals surface area (Å²) < 4.78 is 56.6. The highest BCUT2D eigenvalue weighted by molar-refractivity contribution is 6.07. The number of anilines is 2. The normalized spacial score (nSPS) is 16.1. The van der Waals surface area contributed by atoms with Gasteiger partial charge in [0.1, 0.15) is 11.6 Å². The molecular weight excluding hydrogens is 506 g/mol. The van der Waals surface area contributed by atoms with E-state index in [1.165, 1.54) is 18.2 Å². The van der Waals surface area contributed by atoms with Crippen molar-refractivity contribution in [2.24, 2.45) is 5.73 Å². The fourth-order valence-electron chi connectivity index (χ4n) is 4.35. The molecule has 12 heteroatoms. The van der Waals surface area contributed by atoms with Crippen LogP contribution in [0.5, 0.6) is 0 Å². The fourth-order valence-corrected chi connectivity index (χ4v) is 4.35. The summed E-state index contributed by atoms with van der Waals surface area (Å²) in [6.45, 7) is 3.61. The molecule has 1 saturated heterocycles. The monoisotopic (exact) mass is 531 g/mol. The fraction of sp³-hybridized carbons (Fsp3) is 0.269. The van der Waals surface area contributed by atoms with E-state index in [-0.39, 0.29) is 22.9 Å². The van der Waals surface area contributed by atoms with Crippen molar-refractivity contribution in [2.75, 3.05) is 36.9 Å². The standard InChI is InChI=1S/C26H25F4N5O3/c1-13-12-35(6-5-34(13)2)22-10-20(28)15(14-3-4-19(27)17(7-14)25(31)37)8-21(22)33-26(38)18-11-32-23(36)9-16(18)24(29)30/h3-4,7-11,13,24H,5-6,12H2,1-2H3,(H2,31,37)(H,32,36)(H,33,38). The minimum absolute atomic E-state index is 0.0794. The van der Waals surface area contributed by atoms with Crippen LogP contribution < -0.4 is 21.5 Å². The van der Waals surface area contributed by atoms with Crippen molar-refractivity contribution in [2.45, 2.75) is 19.4 Å². The molecule has 3 aromatic rings. The van der Waals surface area contributed by atoms with Crippen molar-refractivity contribution >= 4 is 23.2 Å². The van der Waals surface area contributed by atoms with Crippen molar-refractivity contribution in [3.05, 3.63) is 81.3 Å². The highest BCUT2D eigenvalue weighted by Crippen LogP contribution is 2.36. The molecule has 8 nitrogen and oxygen atoms in total. The Morgan fingerprint density at radius 3 is 2.47 bits per heavy atom. The Balaban J connectivity index is 1.83. The molecular formula is C26H25F4N5O3. The minimum atomic E-state index is -3.09. The van der Waals surface area contributed by atoms with Gasteiger partial charge in [-0.15, -0.1) is 0 Å². The van der Waals surface area contributed by atoms with Crippen molar-refractivity contribution in [1.82, 2.24) is 9.88 Å². The maximum atomic E-state index is 15.5. The van der Waals surface area contributed by atoms with Gasteiger partial charge in [0.2, 0.25) is 5.56 Å². The summed E-state index contributed by atoms with van der Waals surface area (Å²) in [7, 11) is 1.95. The number of nitrogens with two attached hydrogens (primary N) is 1. The third-order valence-electron chi connectivity index (χ3n) is 6.61. The number of nitrogens with one attached hydrogen (secondary N) is 2. The maximum Gasteiger partial charge on any atom is 0.264 e. The molecule has 0 aliphatic carbocycles. The van der Waals surface area contributed by atoms with Gasteiger partial charge in [0.25, 0.3) is 18.2 Å². The number of aromatic nitrogens is 1. The van der Waals surface area contributed by atoms with Crippen molar-refractivity contribution in [3.8, 4) is 11.1 Å². The summed E-state index contributed by atoms with van der Waals surface area (Å²) in [6.07, 6.45) is -2.20. The summed E-state index contributed by atoms with van der Waals surface area (Å²) in [4.78, 5) is 42.5. The van der Waals surface area contributed by atoms with Gasteiger partial charge in [-0.05, 0) is 43.8 Å². The lowest BCUT2D eigenvalue weighted by Crippen LogP contribution is -2.50. The second-order valence-electron chi connectivity index (χ2n) is 9.10. The minimum Gasteiger partial charge on any atom is -0.367 e. The SMILES string of the molecule is CC1CN(c2cc(F)c(-c3ccc(F)c(C(N)=O)c3)cc2NC(=O)c2c[nH]c(=O)cc2C(F)F)CCN1C. The Hall–Kier alpha value is -4.19. The number of primary amides is 1. The smallest absolute Gasteiger partial charge is 0.264 e. The summed E-state index contributed by atoms with van der Waals surface area (Å²) in [6, 6.07) is 6.53. The number of likely N-dealkylation sites (N-methyl/N-ethyl adjacent to an activating group) is 1. The first-order valence-electron chi connectivity index (χ1n) is 11.7. The molecule has 0 radical (unpaired) electrons. The van der Waals surface area contributed by atoms with E-state index in [1.807, 2.05) is 18.9 Å². The van der Waals surface area contributed by atoms with Crippen LogP contribution in [0.1, 0.15) is 39.6 Å². The molecule has 4 rings (SSSR count). The van der Waals surface area contributed by atoms with Crippen LogP contribution >= 0.6 is 0 Å². The Morgan fingerprint density at radius 2 is 1.82 bits per heavy atom. The Bertz CT molecular complexity index is 1460. The van der Waals surface area contributed by atoms with Gasteiger partial charge in [-0.1, -0.05) is 6.07 Å². The number of carbonyl (C=O) groups is 2. The molecule has 1 aliphatic rings. The summed E-state index contributed by atoms with van der Waals surface area (Å²) >= 11 is 0. The number of rotatable bonds is 6. The van der Waals surface area contributed by atoms with E-state index in [9.17, 15) is 27.6 Å². The molecule has 0 saturated carbocycles. The number of carbonyl (C=O) groups excluding carboxylic acids is 2. The number of halogens is 4. The number of aromatic amines is 1. The molecule has 4 N–H and O–H groups in total. The molecule has 1 fully saturated rings. The molecule has 1 aliphatic heterocycles. The highest BCUT2D eigenvalue weighted by Gasteiger charge is 2.26. The largest absolute Gasteiger partial charge is 0.367 e. The van der Waals surface area contributed by atoms with Gasteiger partial charge >= 0.3 is 0 Å². The summed E-state index contributed by atoms with van der Waals surface area (Å²) in [5, 5.41) is 2.57. The summed E-state index contributed by atoms with van der Waals surface area (Å²) in [5.41, 5.74) is 3.21. The highest BCUT2D eigenvalue weighted by atomic mass is 19.3. The van der Waals surface area contributed by atoms with Crippen LogP contribution in [-0.4, -0.2) is 54.4 Å². The lowest BCUT2D eigenvalue weighted by molar-refractivity contribution is 0.0993. The predicted molar refractivity (Wildman–Crippen MR) is 135 cm³/mol. The van der Waals surface area contributed by atoms with E-state index in [4.69, 9.17) is 5.73 Å². The number of amides is 2. The van der Waals surface area contributed by atoms with Gasteiger partial charge in [-0.25, -0.2) is 17.6 Å².